The molecule has 0 spiro atoms. The second kappa shape index (κ2) is 4.81. The second-order valence-electron chi connectivity index (χ2n) is 2.72. The molecule has 0 amide bonds. The molecule has 7 nitrogen and oxygen atoms in total. The Morgan fingerprint density at radius 3 is 1.59 bits per heavy atom. The summed E-state index contributed by atoms with van der Waals surface area (Å²) in [6.07, 6.45) is 0. The molecule has 0 radical (unpaired) electrons. The van der Waals surface area contributed by atoms with E-state index in [1.54, 1.807) is 12.1 Å². The standard InChI is InChI=1S/C10H6N2O5/c1-15-9(13)7-5(3-11)6(4-12)8(17-7)10(14)16-2/h1-2H3. The van der Waals surface area contributed by atoms with Crippen LogP contribution in [0.3, 0.4) is 0 Å². The van der Waals surface area contributed by atoms with E-state index in [-0.39, 0.29) is 11.1 Å². The van der Waals surface area contributed by atoms with Gasteiger partial charge in [0.15, 0.2) is 0 Å². The first-order valence-electron chi connectivity index (χ1n) is 4.24. The Balaban J connectivity index is 3.52. The Bertz CT molecular complexity index is 510. The summed E-state index contributed by atoms with van der Waals surface area (Å²) in [7, 11) is 2.16. The maximum Gasteiger partial charge on any atom is 0.375 e. The van der Waals surface area contributed by atoms with Gasteiger partial charge in [-0.3, -0.25) is 0 Å². The third kappa shape index (κ3) is 1.94. The SMILES string of the molecule is COC(=O)c1oc(C(=O)OC)c(C#N)c1C#N. The first-order valence-corrected chi connectivity index (χ1v) is 4.24. The molecular formula is C10H6N2O5. The molecule has 17 heavy (non-hydrogen) atoms. The van der Waals surface area contributed by atoms with E-state index in [4.69, 9.17) is 14.9 Å². The molecule has 1 rings (SSSR count). The van der Waals surface area contributed by atoms with Gasteiger partial charge in [-0.15, -0.1) is 0 Å². The quantitative estimate of drug-likeness (QED) is 0.688. The third-order valence-electron chi connectivity index (χ3n) is 1.87. The minimum absolute atomic E-state index is 0.347. The number of methoxy groups -OCH3 is 2. The number of esters is 2. The highest BCUT2D eigenvalue weighted by molar-refractivity contribution is 5.96. The second-order valence-corrected chi connectivity index (χ2v) is 2.72. The first kappa shape index (κ1) is 12.3. The summed E-state index contributed by atoms with van der Waals surface area (Å²) in [5.74, 6) is -2.89. The lowest BCUT2D eigenvalue weighted by Gasteiger charge is -1.94. The van der Waals surface area contributed by atoms with Crippen LogP contribution in [-0.4, -0.2) is 26.2 Å². The lowest BCUT2D eigenvalue weighted by molar-refractivity contribution is 0.0530. The summed E-state index contributed by atoms with van der Waals surface area (Å²) in [4.78, 5) is 22.5. The van der Waals surface area contributed by atoms with Crippen molar-refractivity contribution in [2.75, 3.05) is 14.2 Å². The maximum atomic E-state index is 11.3. The highest BCUT2D eigenvalue weighted by Gasteiger charge is 2.29. The normalized spacial score (nSPS) is 8.94. The average Bonchev–Trinajstić information content (AvgIpc) is 2.74. The Kier molecular flexibility index (Phi) is 3.48. The van der Waals surface area contributed by atoms with Gasteiger partial charge in [-0.25, -0.2) is 9.59 Å². The van der Waals surface area contributed by atoms with Crippen molar-refractivity contribution in [2.24, 2.45) is 0 Å². The zero-order chi connectivity index (χ0) is 13.0. The van der Waals surface area contributed by atoms with Gasteiger partial charge in [-0.2, -0.15) is 10.5 Å². The fourth-order valence-electron chi connectivity index (χ4n) is 1.12. The molecular weight excluding hydrogens is 228 g/mol. The van der Waals surface area contributed by atoms with Crippen molar-refractivity contribution in [3.63, 3.8) is 0 Å². The van der Waals surface area contributed by atoms with Gasteiger partial charge in [0.25, 0.3) is 0 Å². The van der Waals surface area contributed by atoms with E-state index in [0.29, 0.717) is 0 Å². The molecule has 1 heterocycles. The third-order valence-corrected chi connectivity index (χ3v) is 1.87. The van der Waals surface area contributed by atoms with Gasteiger partial charge in [-0.05, 0) is 0 Å². The van der Waals surface area contributed by atoms with Crippen LogP contribution in [0.2, 0.25) is 0 Å². The fraction of sp³-hybridized carbons (Fsp3) is 0.200. The lowest BCUT2D eigenvalue weighted by atomic mass is 10.1. The first-order chi connectivity index (χ1) is 8.10. The minimum Gasteiger partial charge on any atom is -0.463 e. The van der Waals surface area contributed by atoms with Gasteiger partial charge in [0.1, 0.15) is 23.3 Å². The van der Waals surface area contributed by atoms with E-state index < -0.39 is 23.5 Å². The number of ether oxygens (including phenoxy) is 2. The Hall–Kier alpha value is -2.80. The fourth-order valence-corrected chi connectivity index (χ4v) is 1.12. The van der Waals surface area contributed by atoms with E-state index in [1.165, 1.54) is 0 Å². The van der Waals surface area contributed by atoms with Crippen LogP contribution >= 0.6 is 0 Å². The van der Waals surface area contributed by atoms with Crippen molar-refractivity contribution in [1.82, 2.24) is 0 Å². The number of rotatable bonds is 2. The molecule has 7 heteroatoms. The van der Waals surface area contributed by atoms with Crippen LogP contribution < -0.4 is 0 Å². The molecule has 0 atom stereocenters. The summed E-state index contributed by atoms with van der Waals surface area (Å²) in [5, 5.41) is 17.6. The van der Waals surface area contributed by atoms with Gasteiger partial charge in [0.05, 0.1) is 14.2 Å². The number of carbonyl (C=O) groups is 2. The molecule has 0 aliphatic rings. The van der Waals surface area contributed by atoms with Crippen molar-refractivity contribution in [2.45, 2.75) is 0 Å². The van der Waals surface area contributed by atoms with Crippen molar-refractivity contribution < 1.29 is 23.5 Å². The van der Waals surface area contributed by atoms with Crippen LogP contribution in [-0.2, 0) is 9.47 Å². The number of nitriles is 2. The summed E-state index contributed by atoms with van der Waals surface area (Å²) >= 11 is 0. The van der Waals surface area contributed by atoms with Crippen molar-refractivity contribution in [3.05, 3.63) is 22.6 Å². The van der Waals surface area contributed by atoms with Gasteiger partial charge < -0.3 is 13.9 Å². The molecule has 0 aliphatic carbocycles. The number of nitrogens with zero attached hydrogens (tertiary/aromatic N) is 2. The number of furan rings is 1. The van der Waals surface area contributed by atoms with Crippen LogP contribution in [0, 0.1) is 22.7 Å². The van der Waals surface area contributed by atoms with Crippen molar-refractivity contribution in [1.29, 1.82) is 10.5 Å². The molecule has 0 unspecified atom stereocenters. The summed E-state index contributed by atoms with van der Waals surface area (Å²) in [6, 6.07) is 3.21. The largest absolute Gasteiger partial charge is 0.463 e. The van der Waals surface area contributed by atoms with E-state index in [9.17, 15) is 9.59 Å². The Morgan fingerprint density at radius 1 is 1.00 bits per heavy atom. The van der Waals surface area contributed by atoms with E-state index in [1.807, 2.05) is 0 Å². The van der Waals surface area contributed by atoms with Gasteiger partial charge in [0.2, 0.25) is 11.5 Å². The predicted octanol–water partition coefficient (Wildman–Crippen LogP) is 0.596. The van der Waals surface area contributed by atoms with Crippen LogP contribution in [0.25, 0.3) is 0 Å². The zero-order valence-electron chi connectivity index (χ0n) is 8.94. The highest BCUT2D eigenvalue weighted by Crippen LogP contribution is 2.23. The Morgan fingerprint density at radius 2 is 1.35 bits per heavy atom. The van der Waals surface area contributed by atoms with Crippen LogP contribution in [0.5, 0.6) is 0 Å². The van der Waals surface area contributed by atoms with Crippen LogP contribution in [0.1, 0.15) is 32.2 Å². The molecule has 1 aromatic rings. The monoisotopic (exact) mass is 234 g/mol. The number of hydrogen-bond acceptors (Lipinski definition) is 7. The van der Waals surface area contributed by atoms with E-state index in [0.717, 1.165) is 14.2 Å². The smallest absolute Gasteiger partial charge is 0.375 e. The molecule has 86 valence electrons. The molecule has 0 aliphatic heterocycles. The molecule has 0 N–H and O–H groups in total. The summed E-state index contributed by atoms with van der Waals surface area (Å²) in [6.45, 7) is 0. The van der Waals surface area contributed by atoms with Gasteiger partial charge in [-0.1, -0.05) is 0 Å². The maximum absolute atomic E-state index is 11.3. The predicted molar refractivity (Wildman–Crippen MR) is 50.8 cm³/mol. The molecule has 0 saturated carbocycles. The van der Waals surface area contributed by atoms with E-state index >= 15 is 0 Å². The highest BCUT2D eigenvalue weighted by atomic mass is 16.5. The number of hydrogen-bond donors (Lipinski definition) is 0. The number of carbonyl (C=O) groups excluding carboxylic acids is 2. The molecule has 0 saturated heterocycles. The van der Waals surface area contributed by atoms with E-state index in [2.05, 4.69) is 9.47 Å². The molecule has 0 bridgehead atoms. The molecule has 0 aromatic carbocycles. The lowest BCUT2D eigenvalue weighted by Crippen LogP contribution is -2.02. The topological polar surface area (TPSA) is 113 Å². The molecule has 0 fully saturated rings. The van der Waals surface area contributed by atoms with Crippen LogP contribution in [0.4, 0.5) is 0 Å². The molecule has 1 aromatic heterocycles. The minimum atomic E-state index is -0.951. The average molecular weight is 234 g/mol. The van der Waals surface area contributed by atoms with Crippen molar-refractivity contribution >= 4 is 11.9 Å². The van der Waals surface area contributed by atoms with Crippen molar-refractivity contribution in [3.8, 4) is 12.1 Å². The summed E-state index contributed by atoms with van der Waals surface area (Å²) < 4.78 is 13.6. The zero-order valence-corrected chi connectivity index (χ0v) is 8.94. The van der Waals surface area contributed by atoms with Crippen LogP contribution in [0.15, 0.2) is 4.42 Å². The Labute approximate surface area is 95.8 Å². The van der Waals surface area contributed by atoms with Gasteiger partial charge >= 0.3 is 11.9 Å². The summed E-state index contributed by atoms with van der Waals surface area (Å²) in [5.41, 5.74) is -0.695. The van der Waals surface area contributed by atoms with Gasteiger partial charge in [0, 0.05) is 0 Å².